The quantitative estimate of drug-likeness (QED) is 0.261. The van der Waals surface area contributed by atoms with Gasteiger partial charge in [0.15, 0.2) is 0 Å². The lowest BCUT2D eigenvalue weighted by atomic mass is 10.1. The average molecular weight is 450 g/mol. The second kappa shape index (κ2) is 9.48. The van der Waals surface area contributed by atoms with Crippen molar-refractivity contribution in [3.8, 4) is 5.75 Å². The molecule has 0 heterocycles. The zero-order chi connectivity index (χ0) is 22.4. The van der Waals surface area contributed by atoms with Crippen LogP contribution in [0, 0.1) is 10.1 Å². The van der Waals surface area contributed by atoms with E-state index in [1.54, 1.807) is 36.4 Å². The van der Waals surface area contributed by atoms with Crippen molar-refractivity contribution in [1.82, 2.24) is 0 Å². The van der Waals surface area contributed by atoms with Crippen molar-refractivity contribution in [2.45, 2.75) is 12.8 Å². The molecule has 10 heteroatoms. The van der Waals surface area contributed by atoms with Crippen LogP contribution in [0.2, 0.25) is 5.02 Å². The summed E-state index contributed by atoms with van der Waals surface area (Å²) in [6.07, 6.45) is -3.33. The highest BCUT2D eigenvalue weighted by molar-refractivity contribution is 6.30. The van der Waals surface area contributed by atoms with Gasteiger partial charge in [0.1, 0.15) is 18.0 Å². The van der Waals surface area contributed by atoms with Gasteiger partial charge in [0.25, 0.3) is 5.69 Å². The van der Waals surface area contributed by atoms with E-state index in [2.05, 4.69) is 10.5 Å². The maximum absolute atomic E-state index is 12.8. The van der Waals surface area contributed by atoms with Gasteiger partial charge < -0.3 is 4.74 Å². The smallest absolute Gasteiger partial charge is 0.416 e. The lowest BCUT2D eigenvalue weighted by molar-refractivity contribution is -0.384. The van der Waals surface area contributed by atoms with Crippen LogP contribution in [0.1, 0.15) is 16.7 Å². The van der Waals surface area contributed by atoms with E-state index in [9.17, 15) is 23.3 Å². The average Bonchev–Trinajstić information content (AvgIpc) is 2.73. The van der Waals surface area contributed by atoms with Gasteiger partial charge in [-0.15, -0.1) is 0 Å². The molecule has 0 radical (unpaired) electrons. The van der Waals surface area contributed by atoms with Gasteiger partial charge >= 0.3 is 6.18 Å². The molecule has 6 nitrogen and oxygen atoms in total. The van der Waals surface area contributed by atoms with Crippen molar-refractivity contribution in [3.05, 3.63) is 98.6 Å². The van der Waals surface area contributed by atoms with Crippen molar-refractivity contribution >= 4 is 29.2 Å². The second-order valence-corrected chi connectivity index (χ2v) is 6.75. The molecule has 0 unspecified atom stereocenters. The molecule has 1 N–H and O–H groups in total. The summed E-state index contributed by atoms with van der Waals surface area (Å²) >= 11 is 5.86. The summed E-state index contributed by atoms with van der Waals surface area (Å²) in [6, 6.07) is 16.2. The van der Waals surface area contributed by atoms with Crippen molar-refractivity contribution in [2.24, 2.45) is 5.10 Å². The number of nitro benzene ring substituents is 1. The Bertz CT molecular complexity index is 1100. The molecule has 0 aliphatic rings. The number of para-hydroxylation sites is 1. The van der Waals surface area contributed by atoms with Crippen LogP contribution in [-0.2, 0) is 12.8 Å². The molecule has 0 aliphatic carbocycles. The minimum atomic E-state index is -4.69. The molecule has 0 atom stereocenters. The first-order chi connectivity index (χ1) is 14.7. The van der Waals surface area contributed by atoms with Crippen molar-refractivity contribution in [2.75, 3.05) is 5.43 Å². The number of hydrogen-bond donors (Lipinski definition) is 1. The van der Waals surface area contributed by atoms with E-state index in [-0.39, 0.29) is 12.3 Å². The molecule has 3 aromatic rings. The molecule has 0 aromatic heterocycles. The van der Waals surface area contributed by atoms with Crippen LogP contribution in [0.3, 0.4) is 0 Å². The Morgan fingerprint density at radius 2 is 1.81 bits per heavy atom. The number of ether oxygens (including phenoxy) is 1. The molecule has 3 rings (SSSR count). The number of nitrogens with zero attached hydrogens (tertiary/aromatic N) is 2. The molecule has 3 aromatic carbocycles. The maximum Gasteiger partial charge on any atom is 0.416 e. The zero-order valence-electron chi connectivity index (χ0n) is 15.8. The first kappa shape index (κ1) is 22.1. The van der Waals surface area contributed by atoms with Gasteiger partial charge in [-0.25, -0.2) is 0 Å². The number of benzene rings is 3. The predicted octanol–water partition coefficient (Wildman–Crippen LogP) is 6.29. The molecule has 160 valence electrons. The Balaban J connectivity index is 1.74. The van der Waals surface area contributed by atoms with Gasteiger partial charge in [0.2, 0.25) is 0 Å². The third-order valence-corrected chi connectivity index (χ3v) is 4.39. The van der Waals surface area contributed by atoms with Gasteiger partial charge in [-0.05, 0) is 42.0 Å². The minimum absolute atomic E-state index is 0.172. The van der Waals surface area contributed by atoms with E-state index in [0.717, 1.165) is 17.7 Å². The molecule has 0 fully saturated rings. The maximum atomic E-state index is 12.8. The van der Waals surface area contributed by atoms with Gasteiger partial charge in [-0.2, -0.15) is 18.3 Å². The molecular formula is C21H15ClF3N3O3. The number of rotatable bonds is 7. The highest BCUT2D eigenvalue weighted by Crippen LogP contribution is 2.35. The molecule has 31 heavy (non-hydrogen) atoms. The Morgan fingerprint density at radius 1 is 1.10 bits per heavy atom. The number of nitro groups is 1. The number of nitrogens with one attached hydrogen (secondary N) is 1. The summed E-state index contributed by atoms with van der Waals surface area (Å²) in [6.45, 7) is 0.278. The van der Waals surface area contributed by atoms with E-state index in [4.69, 9.17) is 16.3 Å². The molecule has 0 bridgehead atoms. The molecule has 0 amide bonds. The summed E-state index contributed by atoms with van der Waals surface area (Å²) in [5.41, 5.74) is 1.86. The lowest BCUT2D eigenvalue weighted by Crippen LogP contribution is -2.06. The first-order valence-electron chi connectivity index (χ1n) is 8.85. The number of hydrazone groups is 1. The Hall–Kier alpha value is -3.59. The summed E-state index contributed by atoms with van der Waals surface area (Å²) < 4.78 is 44.2. The van der Waals surface area contributed by atoms with E-state index < -0.39 is 22.4 Å². The van der Waals surface area contributed by atoms with Crippen molar-refractivity contribution in [1.29, 1.82) is 0 Å². The fourth-order valence-electron chi connectivity index (χ4n) is 2.59. The summed E-state index contributed by atoms with van der Waals surface area (Å²) in [5.74, 6) is 0.505. The van der Waals surface area contributed by atoms with Crippen LogP contribution >= 0.6 is 11.6 Å². The Labute approximate surface area is 180 Å². The highest BCUT2D eigenvalue weighted by atomic mass is 35.5. The highest BCUT2D eigenvalue weighted by Gasteiger charge is 2.33. The first-order valence-corrected chi connectivity index (χ1v) is 9.23. The third-order valence-electron chi connectivity index (χ3n) is 4.14. The van der Waals surface area contributed by atoms with Crippen LogP contribution < -0.4 is 10.2 Å². The fourth-order valence-corrected chi connectivity index (χ4v) is 2.71. The van der Waals surface area contributed by atoms with Crippen LogP contribution in [0.5, 0.6) is 5.75 Å². The number of hydrogen-bond acceptors (Lipinski definition) is 5. The lowest BCUT2D eigenvalue weighted by Gasteiger charge is -2.10. The molecule has 0 aliphatic heterocycles. The van der Waals surface area contributed by atoms with Crippen LogP contribution in [0.4, 0.5) is 24.5 Å². The Kier molecular flexibility index (Phi) is 6.76. The predicted molar refractivity (Wildman–Crippen MR) is 112 cm³/mol. The third kappa shape index (κ3) is 5.95. The molecular weight excluding hydrogens is 435 g/mol. The zero-order valence-corrected chi connectivity index (χ0v) is 16.5. The normalized spacial score (nSPS) is 11.5. The topological polar surface area (TPSA) is 76.8 Å². The summed E-state index contributed by atoms with van der Waals surface area (Å²) in [4.78, 5) is 10.2. The van der Waals surface area contributed by atoms with Gasteiger partial charge in [0, 0.05) is 16.7 Å². The molecule has 0 saturated carbocycles. The van der Waals surface area contributed by atoms with Gasteiger partial charge in [-0.3, -0.25) is 15.5 Å². The van der Waals surface area contributed by atoms with Crippen molar-refractivity contribution in [3.63, 3.8) is 0 Å². The van der Waals surface area contributed by atoms with Gasteiger partial charge in [-0.1, -0.05) is 35.9 Å². The number of anilines is 1. The van der Waals surface area contributed by atoms with E-state index in [1.807, 2.05) is 12.1 Å². The van der Waals surface area contributed by atoms with Crippen LogP contribution in [-0.4, -0.2) is 11.1 Å². The molecule has 0 spiro atoms. The monoisotopic (exact) mass is 449 g/mol. The van der Waals surface area contributed by atoms with Crippen molar-refractivity contribution < 1.29 is 22.8 Å². The minimum Gasteiger partial charge on any atom is -0.488 e. The standard InChI is InChI=1S/C21H15ClF3N3O3/c22-17-8-5-14(6-9-17)13-31-20-4-2-1-3-15(20)12-26-27-18-10-7-16(21(23,24)25)11-19(18)28(29)30/h1-12,27H,13H2/b26-12-. The van der Waals surface area contributed by atoms with E-state index >= 15 is 0 Å². The second-order valence-electron chi connectivity index (χ2n) is 6.31. The SMILES string of the molecule is O=[N+]([O-])c1cc(C(F)(F)F)ccc1N/N=C\c1ccccc1OCc1ccc(Cl)cc1. The van der Waals surface area contributed by atoms with E-state index in [1.165, 1.54) is 6.21 Å². The van der Waals surface area contributed by atoms with E-state index in [0.29, 0.717) is 22.4 Å². The fraction of sp³-hybridized carbons (Fsp3) is 0.0952. The summed E-state index contributed by atoms with van der Waals surface area (Å²) in [7, 11) is 0. The Morgan fingerprint density at radius 3 is 2.48 bits per heavy atom. The van der Waals surface area contributed by atoms with Crippen LogP contribution in [0.15, 0.2) is 71.8 Å². The largest absolute Gasteiger partial charge is 0.488 e. The number of alkyl halides is 3. The molecule has 0 saturated heterocycles. The summed E-state index contributed by atoms with van der Waals surface area (Å²) in [5, 5.41) is 15.7. The van der Waals surface area contributed by atoms with Crippen LogP contribution in [0.25, 0.3) is 0 Å². The van der Waals surface area contributed by atoms with Gasteiger partial charge in [0.05, 0.1) is 16.7 Å². The number of halogens is 4.